The van der Waals surface area contributed by atoms with Gasteiger partial charge in [0, 0.05) is 23.0 Å². The molecule has 1 aliphatic carbocycles. The summed E-state index contributed by atoms with van der Waals surface area (Å²) >= 11 is 1.72. The molecule has 1 atom stereocenters. The number of rotatable bonds is 5. The second-order valence-corrected chi connectivity index (χ2v) is 10.4. The van der Waals surface area contributed by atoms with Crippen LogP contribution in [0.2, 0.25) is 0 Å². The molecule has 2 heterocycles. The number of carbonyl (C=O) groups is 1. The molecule has 156 valence electrons. The number of benzene rings is 1. The Labute approximate surface area is 175 Å². The standard InChI is InChI=1S/C21H26N2O4S2/c1-14-17-10-12-28-19(17)9-11-23(14)21(24)15-7-8-18(27-2)20(13-15)29(25,26)22-16-5-3-4-6-16/h7-8,10,12-14,16,22H,3-6,9,11H2,1-2H3. The Morgan fingerprint density at radius 2 is 2.00 bits per heavy atom. The predicted octanol–water partition coefficient (Wildman–Crippen LogP) is 3.74. The molecule has 1 amide bonds. The fourth-order valence-corrected chi connectivity index (χ4v) is 6.76. The zero-order valence-electron chi connectivity index (χ0n) is 16.7. The van der Waals surface area contributed by atoms with E-state index in [0.717, 1.165) is 32.1 Å². The molecule has 2 aliphatic rings. The largest absolute Gasteiger partial charge is 0.495 e. The van der Waals surface area contributed by atoms with Crippen LogP contribution in [0.1, 0.15) is 59.4 Å². The number of ether oxygens (including phenoxy) is 1. The number of thiophene rings is 1. The van der Waals surface area contributed by atoms with Gasteiger partial charge in [0.15, 0.2) is 0 Å². The maximum Gasteiger partial charge on any atom is 0.254 e. The van der Waals surface area contributed by atoms with Gasteiger partial charge in [0.2, 0.25) is 10.0 Å². The van der Waals surface area contributed by atoms with Gasteiger partial charge in [-0.05, 0) is 61.4 Å². The van der Waals surface area contributed by atoms with Gasteiger partial charge in [-0.15, -0.1) is 11.3 Å². The molecular formula is C21H26N2O4S2. The molecule has 0 bridgehead atoms. The maximum atomic E-state index is 13.2. The van der Waals surface area contributed by atoms with E-state index in [2.05, 4.69) is 16.2 Å². The van der Waals surface area contributed by atoms with Gasteiger partial charge in [-0.2, -0.15) is 0 Å². The van der Waals surface area contributed by atoms with Gasteiger partial charge in [0.05, 0.1) is 13.2 Å². The molecule has 2 aromatic rings. The van der Waals surface area contributed by atoms with Crippen molar-refractivity contribution in [2.24, 2.45) is 0 Å². The lowest BCUT2D eigenvalue weighted by Crippen LogP contribution is -2.38. The third-order valence-electron chi connectivity index (χ3n) is 5.92. The lowest BCUT2D eigenvalue weighted by atomic mass is 10.0. The molecular weight excluding hydrogens is 408 g/mol. The quantitative estimate of drug-likeness (QED) is 0.778. The van der Waals surface area contributed by atoms with Crippen LogP contribution in [0.4, 0.5) is 0 Å². The molecule has 1 unspecified atom stereocenters. The minimum atomic E-state index is -3.77. The smallest absolute Gasteiger partial charge is 0.254 e. The van der Waals surface area contributed by atoms with E-state index in [1.807, 2.05) is 11.8 Å². The van der Waals surface area contributed by atoms with E-state index in [4.69, 9.17) is 4.74 Å². The number of hydrogen-bond acceptors (Lipinski definition) is 5. The molecule has 8 heteroatoms. The average molecular weight is 435 g/mol. The highest BCUT2D eigenvalue weighted by atomic mass is 32.2. The van der Waals surface area contributed by atoms with Gasteiger partial charge in [0.1, 0.15) is 10.6 Å². The Kier molecular flexibility index (Phi) is 5.68. The van der Waals surface area contributed by atoms with E-state index in [1.165, 1.54) is 23.6 Å². The predicted molar refractivity (Wildman–Crippen MR) is 113 cm³/mol. The molecule has 0 spiro atoms. The fraction of sp³-hybridized carbons (Fsp3) is 0.476. The Bertz CT molecular complexity index is 1010. The van der Waals surface area contributed by atoms with Crippen molar-refractivity contribution in [1.29, 1.82) is 0 Å². The topological polar surface area (TPSA) is 75.7 Å². The Balaban J connectivity index is 1.63. The van der Waals surface area contributed by atoms with Crippen molar-refractivity contribution in [2.45, 2.75) is 56.0 Å². The summed E-state index contributed by atoms with van der Waals surface area (Å²) in [5, 5.41) is 2.06. The third kappa shape index (κ3) is 3.93. The van der Waals surface area contributed by atoms with Crippen molar-refractivity contribution in [3.05, 3.63) is 45.6 Å². The van der Waals surface area contributed by atoms with Gasteiger partial charge in [-0.25, -0.2) is 13.1 Å². The summed E-state index contributed by atoms with van der Waals surface area (Å²) in [4.78, 5) is 16.4. The van der Waals surface area contributed by atoms with Crippen LogP contribution < -0.4 is 9.46 Å². The third-order valence-corrected chi connectivity index (χ3v) is 8.45. The normalized spacial score (nSPS) is 19.9. The number of hydrogen-bond donors (Lipinski definition) is 1. The summed E-state index contributed by atoms with van der Waals surface area (Å²) in [5.74, 6) is 0.0909. The molecule has 1 N–H and O–H groups in total. The van der Waals surface area contributed by atoms with Gasteiger partial charge in [0.25, 0.3) is 5.91 Å². The summed E-state index contributed by atoms with van der Waals surface area (Å²) in [7, 11) is -2.33. The molecule has 0 radical (unpaired) electrons. The number of carbonyl (C=O) groups excluding carboxylic acids is 1. The fourth-order valence-electron chi connectivity index (χ4n) is 4.30. The number of amides is 1. The van der Waals surface area contributed by atoms with Crippen molar-refractivity contribution >= 4 is 27.3 Å². The summed E-state index contributed by atoms with van der Waals surface area (Å²) < 4.78 is 34.1. The highest BCUT2D eigenvalue weighted by Crippen LogP contribution is 2.34. The molecule has 0 saturated heterocycles. The lowest BCUT2D eigenvalue weighted by molar-refractivity contribution is 0.0679. The summed E-state index contributed by atoms with van der Waals surface area (Å²) in [6.45, 7) is 2.65. The second kappa shape index (κ2) is 8.08. The first-order valence-corrected chi connectivity index (χ1v) is 12.3. The van der Waals surface area contributed by atoms with Crippen LogP contribution in [0, 0.1) is 0 Å². The summed E-state index contributed by atoms with van der Waals surface area (Å²) in [6.07, 6.45) is 4.57. The van der Waals surface area contributed by atoms with Crippen LogP contribution in [0.25, 0.3) is 0 Å². The van der Waals surface area contributed by atoms with Gasteiger partial charge < -0.3 is 9.64 Å². The first-order chi connectivity index (χ1) is 13.9. The summed E-state index contributed by atoms with van der Waals surface area (Å²) in [5.41, 5.74) is 1.54. The minimum Gasteiger partial charge on any atom is -0.495 e. The van der Waals surface area contributed by atoms with Crippen LogP contribution in [-0.4, -0.2) is 38.9 Å². The van der Waals surface area contributed by atoms with E-state index >= 15 is 0 Å². The van der Waals surface area contributed by atoms with E-state index in [0.29, 0.717) is 12.1 Å². The van der Waals surface area contributed by atoms with E-state index in [-0.39, 0.29) is 28.6 Å². The molecule has 1 fully saturated rings. The molecule has 1 saturated carbocycles. The molecule has 29 heavy (non-hydrogen) atoms. The summed E-state index contributed by atoms with van der Waals surface area (Å²) in [6, 6.07) is 6.65. The van der Waals surface area contributed by atoms with Gasteiger partial charge in [-0.1, -0.05) is 12.8 Å². The van der Waals surface area contributed by atoms with Crippen molar-refractivity contribution in [3.63, 3.8) is 0 Å². The van der Waals surface area contributed by atoms with Crippen molar-refractivity contribution in [1.82, 2.24) is 9.62 Å². The Morgan fingerprint density at radius 3 is 2.72 bits per heavy atom. The molecule has 1 aliphatic heterocycles. The number of fused-ring (bicyclic) bond motifs is 1. The number of nitrogens with zero attached hydrogens (tertiary/aromatic N) is 1. The maximum absolute atomic E-state index is 13.2. The van der Waals surface area contributed by atoms with Gasteiger partial charge >= 0.3 is 0 Å². The molecule has 4 rings (SSSR count). The van der Waals surface area contributed by atoms with E-state index in [9.17, 15) is 13.2 Å². The highest BCUT2D eigenvalue weighted by molar-refractivity contribution is 7.89. The van der Waals surface area contributed by atoms with Crippen LogP contribution in [-0.2, 0) is 16.4 Å². The SMILES string of the molecule is COc1ccc(C(=O)N2CCc3sccc3C2C)cc1S(=O)(=O)NC1CCCC1. The van der Waals surface area contributed by atoms with E-state index < -0.39 is 10.0 Å². The Morgan fingerprint density at radius 1 is 1.24 bits per heavy atom. The molecule has 1 aromatic heterocycles. The zero-order chi connectivity index (χ0) is 20.6. The Hall–Kier alpha value is -1.90. The van der Waals surface area contributed by atoms with Crippen LogP contribution in [0.5, 0.6) is 5.75 Å². The van der Waals surface area contributed by atoms with E-state index in [1.54, 1.807) is 23.5 Å². The zero-order valence-corrected chi connectivity index (χ0v) is 18.3. The van der Waals surface area contributed by atoms with Crippen molar-refractivity contribution < 1.29 is 17.9 Å². The van der Waals surface area contributed by atoms with Crippen molar-refractivity contribution in [2.75, 3.05) is 13.7 Å². The average Bonchev–Trinajstić information content (AvgIpc) is 3.39. The number of methoxy groups -OCH3 is 1. The lowest BCUT2D eigenvalue weighted by Gasteiger charge is -2.33. The highest BCUT2D eigenvalue weighted by Gasteiger charge is 2.31. The minimum absolute atomic E-state index is 0.0265. The van der Waals surface area contributed by atoms with Crippen LogP contribution >= 0.6 is 11.3 Å². The first kappa shape index (κ1) is 20.4. The number of nitrogens with one attached hydrogen (secondary N) is 1. The van der Waals surface area contributed by atoms with Crippen LogP contribution in [0.3, 0.4) is 0 Å². The second-order valence-electron chi connectivity index (χ2n) is 7.69. The molecule has 6 nitrogen and oxygen atoms in total. The molecule has 1 aromatic carbocycles. The van der Waals surface area contributed by atoms with Crippen molar-refractivity contribution in [3.8, 4) is 5.75 Å². The number of sulfonamides is 1. The van der Waals surface area contributed by atoms with Gasteiger partial charge in [-0.3, -0.25) is 4.79 Å². The van der Waals surface area contributed by atoms with Crippen LogP contribution in [0.15, 0.2) is 34.5 Å². The monoisotopic (exact) mass is 434 g/mol. The first-order valence-electron chi connectivity index (χ1n) is 9.98.